The minimum Gasteiger partial charge on any atom is -0.294 e. The third-order valence-corrected chi connectivity index (χ3v) is 3.57. The Morgan fingerprint density at radius 2 is 1.95 bits per heavy atom. The van der Waals surface area contributed by atoms with Crippen LogP contribution in [0.1, 0.15) is 34.1 Å². The predicted molar refractivity (Wildman–Crippen MR) is 80.3 cm³/mol. The van der Waals surface area contributed by atoms with E-state index in [0.29, 0.717) is 16.5 Å². The van der Waals surface area contributed by atoms with Gasteiger partial charge in [0.25, 0.3) is 0 Å². The van der Waals surface area contributed by atoms with Crippen LogP contribution in [0.3, 0.4) is 0 Å². The van der Waals surface area contributed by atoms with Crippen LogP contribution in [-0.2, 0) is 7.05 Å². The van der Waals surface area contributed by atoms with Crippen LogP contribution >= 0.6 is 0 Å². The van der Waals surface area contributed by atoms with Crippen molar-refractivity contribution in [2.75, 3.05) is 5.01 Å². The SMILES string of the molecule is C=c1c2c(nc(=O)n1C)N(C(C)C)N=C(C(C)CC)N=2. The molecule has 0 radical (unpaired) electrons. The first kappa shape index (κ1) is 14.4. The number of amidine groups is 1. The minimum atomic E-state index is -0.336. The number of nitrogens with zero attached hydrogens (tertiary/aromatic N) is 5. The molecule has 20 heavy (non-hydrogen) atoms. The summed E-state index contributed by atoms with van der Waals surface area (Å²) in [6, 6.07) is 0.0994. The highest BCUT2D eigenvalue weighted by Crippen LogP contribution is 2.15. The summed E-state index contributed by atoms with van der Waals surface area (Å²) in [5.41, 5.74) is -0.336. The number of hydrogen-bond acceptors (Lipinski definition) is 5. The van der Waals surface area contributed by atoms with Crippen LogP contribution in [-0.4, -0.2) is 21.4 Å². The fourth-order valence-corrected chi connectivity index (χ4v) is 1.94. The molecule has 1 aliphatic heterocycles. The predicted octanol–water partition coefficient (Wildman–Crippen LogP) is 0.398. The zero-order valence-corrected chi connectivity index (χ0v) is 12.7. The van der Waals surface area contributed by atoms with Crippen molar-refractivity contribution in [3.05, 3.63) is 21.2 Å². The van der Waals surface area contributed by atoms with Gasteiger partial charge in [0.15, 0.2) is 11.7 Å². The molecule has 1 aliphatic rings. The molecule has 0 N–H and O–H groups in total. The summed E-state index contributed by atoms with van der Waals surface area (Å²) in [5, 5.41) is 7.53. The number of aromatic nitrogens is 2. The molecule has 6 heteroatoms. The summed E-state index contributed by atoms with van der Waals surface area (Å²) in [6.07, 6.45) is 0.954. The topological polar surface area (TPSA) is 62.9 Å². The molecule has 1 aromatic heterocycles. The van der Waals surface area contributed by atoms with Crippen molar-refractivity contribution in [1.29, 1.82) is 0 Å². The van der Waals surface area contributed by atoms with E-state index in [1.165, 1.54) is 4.57 Å². The summed E-state index contributed by atoms with van der Waals surface area (Å²) in [5.74, 6) is 1.51. The Bertz CT molecular complexity index is 716. The van der Waals surface area contributed by atoms with Crippen molar-refractivity contribution in [3.63, 3.8) is 0 Å². The molecule has 0 spiro atoms. The van der Waals surface area contributed by atoms with Gasteiger partial charge in [0.05, 0.1) is 5.35 Å². The summed E-state index contributed by atoms with van der Waals surface area (Å²) < 4.78 is 1.42. The van der Waals surface area contributed by atoms with Crippen LogP contribution in [0.25, 0.3) is 6.58 Å². The highest BCUT2D eigenvalue weighted by Gasteiger charge is 2.23. The van der Waals surface area contributed by atoms with Gasteiger partial charge in [0.1, 0.15) is 5.36 Å². The third-order valence-electron chi connectivity index (χ3n) is 3.57. The quantitative estimate of drug-likeness (QED) is 0.802. The average molecular weight is 275 g/mol. The van der Waals surface area contributed by atoms with Crippen molar-refractivity contribution in [1.82, 2.24) is 9.55 Å². The molecule has 0 fully saturated rings. The van der Waals surface area contributed by atoms with Gasteiger partial charge in [-0.3, -0.25) is 4.57 Å². The highest BCUT2D eigenvalue weighted by atomic mass is 16.1. The normalized spacial score (nSPS) is 15.7. The fourth-order valence-electron chi connectivity index (χ4n) is 1.94. The fraction of sp³-hybridized carbons (Fsp3) is 0.571. The molecule has 0 bridgehead atoms. The zero-order valence-electron chi connectivity index (χ0n) is 12.7. The van der Waals surface area contributed by atoms with Crippen LogP contribution in [0.4, 0.5) is 5.82 Å². The summed E-state index contributed by atoms with van der Waals surface area (Å²) >= 11 is 0. The first-order chi connectivity index (χ1) is 9.36. The lowest BCUT2D eigenvalue weighted by Crippen LogP contribution is -2.49. The monoisotopic (exact) mass is 275 g/mol. The van der Waals surface area contributed by atoms with E-state index in [0.717, 1.165) is 12.3 Å². The standard InChI is InChI=1S/C14H21N5O/c1-7-9(4)12-15-11-10(5)18(6)14(20)16-13(11)19(17-12)8(2)3/h8-9H,5,7H2,1-4,6H3. The lowest BCUT2D eigenvalue weighted by Gasteiger charge is -2.27. The Morgan fingerprint density at radius 1 is 1.30 bits per heavy atom. The molecule has 0 saturated heterocycles. The lowest BCUT2D eigenvalue weighted by atomic mass is 10.1. The minimum absolute atomic E-state index is 0.0994. The number of hydrazone groups is 1. The Hall–Kier alpha value is -1.98. The second-order valence-corrected chi connectivity index (χ2v) is 5.39. The van der Waals surface area contributed by atoms with Crippen LogP contribution in [0, 0.1) is 5.92 Å². The number of rotatable bonds is 3. The molecule has 1 aromatic rings. The average Bonchev–Trinajstić information content (AvgIpc) is 2.43. The van der Waals surface area contributed by atoms with Crippen molar-refractivity contribution in [2.24, 2.45) is 23.1 Å². The van der Waals surface area contributed by atoms with E-state index in [-0.39, 0.29) is 17.6 Å². The van der Waals surface area contributed by atoms with Gasteiger partial charge >= 0.3 is 5.69 Å². The second-order valence-electron chi connectivity index (χ2n) is 5.39. The van der Waals surface area contributed by atoms with Crippen LogP contribution < -0.4 is 21.4 Å². The summed E-state index contributed by atoms with van der Waals surface area (Å²) in [7, 11) is 1.65. The van der Waals surface area contributed by atoms with E-state index in [9.17, 15) is 4.79 Å². The molecule has 0 saturated carbocycles. The molecular weight excluding hydrogens is 254 g/mol. The molecule has 2 rings (SSSR count). The first-order valence-corrected chi connectivity index (χ1v) is 6.89. The van der Waals surface area contributed by atoms with E-state index in [1.54, 1.807) is 12.1 Å². The maximum atomic E-state index is 11.8. The molecule has 0 amide bonds. The van der Waals surface area contributed by atoms with E-state index in [2.05, 4.69) is 35.5 Å². The molecule has 2 heterocycles. The molecule has 0 aromatic carbocycles. The molecule has 6 nitrogen and oxygen atoms in total. The van der Waals surface area contributed by atoms with Crippen molar-refractivity contribution in [2.45, 2.75) is 40.2 Å². The largest absolute Gasteiger partial charge is 0.349 e. The summed E-state index contributed by atoms with van der Waals surface area (Å²) in [4.78, 5) is 20.5. The van der Waals surface area contributed by atoms with E-state index < -0.39 is 0 Å². The molecule has 1 atom stereocenters. The maximum absolute atomic E-state index is 11.8. The first-order valence-electron chi connectivity index (χ1n) is 6.89. The Kier molecular flexibility index (Phi) is 3.74. The van der Waals surface area contributed by atoms with Gasteiger partial charge in [-0.25, -0.2) is 14.8 Å². The molecule has 1 unspecified atom stereocenters. The van der Waals surface area contributed by atoms with Crippen LogP contribution in [0.2, 0.25) is 0 Å². The van der Waals surface area contributed by atoms with Crippen molar-refractivity contribution in [3.8, 4) is 0 Å². The number of anilines is 1. The smallest absolute Gasteiger partial charge is 0.294 e. The zero-order chi connectivity index (χ0) is 15.0. The Balaban J connectivity index is 2.78. The van der Waals surface area contributed by atoms with Gasteiger partial charge in [-0.1, -0.05) is 20.4 Å². The lowest BCUT2D eigenvalue weighted by molar-refractivity contribution is 0.646. The van der Waals surface area contributed by atoms with Crippen LogP contribution in [0.15, 0.2) is 14.9 Å². The Morgan fingerprint density at radius 3 is 2.50 bits per heavy atom. The highest BCUT2D eigenvalue weighted by molar-refractivity contribution is 5.87. The van der Waals surface area contributed by atoms with Crippen molar-refractivity contribution < 1.29 is 0 Å². The Labute approximate surface area is 118 Å². The van der Waals surface area contributed by atoms with Gasteiger partial charge in [-0.15, -0.1) is 0 Å². The number of hydrogen-bond donors (Lipinski definition) is 0. The van der Waals surface area contributed by atoms with E-state index >= 15 is 0 Å². The maximum Gasteiger partial charge on any atom is 0.349 e. The van der Waals surface area contributed by atoms with Crippen LogP contribution in [0.5, 0.6) is 0 Å². The van der Waals surface area contributed by atoms with Gasteiger partial charge in [-0.05, 0) is 20.3 Å². The number of fused-ring (bicyclic) bond motifs is 1. The van der Waals surface area contributed by atoms with Gasteiger partial charge < -0.3 is 0 Å². The van der Waals surface area contributed by atoms with Gasteiger partial charge in [-0.2, -0.15) is 10.1 Å². The van der Waals surface area contributed by atoms with E-state index in [1.807, 2.05) is 13.8 Å². The second kappa shape index (κ2) is 5.19. The molecule has 108 valence electrons. The van der Waals surface area contributed by atoms with Gasteiger partial charge in [0, 0.05) is 19.0 Å². The molecular formula is C14H21N5O. The third kappa shape index (κ3) is 2.26. The molecule has 0 aliphatic carbocycles. The van der Waals surface area contributed by atoms with Crippen molar-refractivity contribution >= 4 is 18.2 Å². The summed E-state index contributed by atoms with van der Waals surface area (Å²) in [6.45, 7) is 12.2. The van der Waals surface area contributed by atoms with E-state index in [4.69, 9.17) is 0 Å². The van der Waals surface area contributed by atoms with Gasteiger partial charge in [0.2, 0.25) is 0 Å².